The van der Waals surface area contributed by atoms with E-state index in [0.717, 1.165) is 6.42 Å². The Bertz CT molecular complexity index is 380. The SMILES string of the molecule is CC(C)CC(C)(C)[C@](C)(O)c1cccc(F)c1. The number of rotatable bonds is 4. The van der Waals surface area contributed by atoms with Crippen LogP contribution in [-0.4, -0.2) is 5.11 Å². The Morgan fingerprint density at radius 2 is 1.82 bits per heavy atom. The minimum atomic E-state index is -1.03. The first-order chi connectivity index (χ1) is 7.67. The second-order valence-corrected chi connectivity index (χ2v) is 6.06. The first kappa shape index (κ1) is 14.2. The molecule has 2 heteroatoms. The lowest BCUT2D eigenvalue weighted by Crippen LogP contribution is -2.40. The molecule has 1 N–H and O–H groups in total. The van der Waals surface area contributed by atoms with Crippen LogP contribution in [0.1, 0.15) is 46.6 Å². The fourth-order valence-electron chi connectivity index (χ4n) is 2.40. The van der Waals surface area contributed by atoms with Gasteiger partial charge in [0.05, 0.1) is 5.60 Å². The van der Waals surface area contributed by atoms with Gasteiger partial charge >= 0.3 is 0 Å². The van der Waals surface area contributed by atoms with Crippen LogP contribution in [0.3, 0.4) is 0 Å². The summed E-state index contributed by atoms with van der Waals surface area (Å²) >= 11 is 0. The highest BCUT2D eigenvalue weighted by atomic mass is 19.1. The third-order valence-corrected chi connectivity index (χ3v) is 3.62. The van der Waals surface area contributed by atoms with Gasteiger partial charge in [-0.2, -0.15) is 0 Å². The van der Waals surface area contributed by atoms with E-state index in [2.05, 4.69) is 13.8 Å². The minimum absolute atomic E-state index is 0.297. The highest BCUT2D eigenvalue weighted by Crippen LogP contribution is 2.43. The first-order valence-corrected chi connectivity index (χ1v) is 6.15. The molecule has 0 radical (unpaired) electrons. The normalized spacial score (nSPS) is 16.0. The van der Waals surface area contributed by atoms with Crippen LogP contribution in [0.15, 0.2) is 24.3 Å². The molecule has 1 nitrogen and oxygen atoms in total. The summed E-state index contributed by atoms with van der Waals surface area (Å²) in [4.78, 5) is 0. The zero-order valence-corrected chi connectivity index (χ0v) is 11.4. The number of benzene rings is 1. The molecule has 0 aliphatic rings. The maximum atomic E-state index is 13.2. The highest BCUT2D eigenvalue weighted by molar-refractivity contribution is 5.24. The Morgan fingerprint density at radius 1 is 1.24 bits per heavy atom. The molecule has 0 unspecified atom stereocenters. The summed E-state index contributed by atoms with van der Waals surface area (Å²) in [6.07, 6.45) is 0.885. The summed E-state index contributed by atoms with van der Waals surface area (Å²) in [5, 5.41) is 10.7. The van der Waals surface area contributed by atoms with E-state index in [0.29, 0.717) is 11.5 Å². The summed E-state index contributed by atoms with van der Waals surface area (Å²) in [5.74, 6) is 0.188. The van der Waals surface area contributed by atoms with E-state index in [-0.39, 0.29) is 11.2 Å². The molecule has 0 bridgehead atoms. The fraction of sp³-hybridized carbons (Fsp3) is 0.600. The van der Waals surface area contributed by atoms with Crippen molar-refractivity contribution in [1.29, 1.82) is 0 Å². The molecular weight excluding hydrogens is 215 g/mol. The second kappa shape index (κ2) is 4.77. The highest BCUT2D eigenvalue weighted by Gasteiger charge is 2.41. The molecule has 1 aromatic carbocycles. The Balaban J connectivity index is 3.09. The van der Waals surface area contributed by atoms with Gasteiger partial charge in [0.1, 0.15) is 5.82 Å². The monoisotopic (exact) mass is 238 g/mol. The van der Waals surface area contributed by atoms with Gasteiger partial charge in [-0.3, -0.25) is 0 Å². The average molecular weight is 238 g/mol. The van der Waals surface area contributed by atoms with Crippen molar-refractivity contribution in [2.24, 2.45) is 11.3 Å². The quantitative estimate of drug-likeness (QED) is 0.837. The molecule has 0 aromatic heterocycles. The second-order valence-electron chi connectivity index (χ2n) is 6.06. The maximum Gasteiger partial charge on any atom is 0.123 e. The van der Waals surface area contributed by atoms with E-state index in [9.17, 15) is 9.50 Å². The van der Waals surface area contributed by atoms with Crippen molar-refractivity contribution in [3.8, 4) is 0 Å². The summed E-state index contributed by atoms with van der Waals surface area (Å²) in [6, 6.07) is 6.24. The van der Waals surface area contributed by atoms with Gasteiger partial charge in [-0.05, 0) is 42.4 Å². The molecular formula is C15H23FO. The van der Waals surface area contributed by atoms with Crippen molar-refractivity contribution in [1.82, 2.24) is 0 Å². The molecule has 0 aliphatic heterocycles. The molecule has 0 heterocycles. The van der Waals surface area contributed by atoms with Crippen LogP contribution < -0.4 is 0 Å². The third-order valence-electron chi connectivity index (χ3n) is 3.62. The van der Waals surface area contributed by atoms with Gasteiger partial charge in [-0.15, -0.1) is 0 Å². The number of aliphatic hydroxyl groups is 1. The molecule has 1 atom stereocenters. The molecule has 17 heavy (non-hydrogen) atoms. The molecule has 0 aliphatic carbocycles. The molecule has 96 valence electrons. The number of hydrogen-bond donors (Lipinski definition) is 1. The van der Waals surface area contributed by atoms with Crippen LogP contribution in [0.25, 0.3) is 0 Å². The summed E-state index contributed by atoms with van der Waals surface area (Å²) < 4.78 is 13.2. The van der Waals surface area contributed by atoms with Gasteiger partial charge in [-0.25, -0.2) is 4.39 Å². The van der Waals surface area contributed by atoms with Gasteiger partial charge in [0, 0.05) is 0 Å². The van der Waals surface area contributed by atoms with Gasteiger partial charge in [0.25, 0.3) is 0 Å². The van der Waals surface area contributed by atoms with E-state index >= 15 is 0 Å². The van der Waals surface area contributed by atoms with Crippen LogP contribution >= 0.6 is 0 Å². The standard InChI is InChI=1S/C15H23FO/c1-11(2)10-14(3,4)15(5,17)12-7-6-8-13(16)9-12/h6-9,11,17H,10H2,1-5H3/t15-/m1/s1. The summed E-state index contributed by atoms with van der Waals surface area (Å²) in [7, 11) is 0. The van der Waals surface area contributed by atoms with Crippen molar-refractivity contribution in [2.45, 2.75) is 46.6 Å². The molecule has 0 amide bonds. The molecule has 0 saturated carbocycles. The average Bonchev–Trinajstić information content (AvgIpc) is 2.15. The maximum absolute atomic E-state index is 13.2. The lowest BCUT2D eigenvalue weighted by atomic mass is 9.68. The van der Waals surface area contributed by atoms with Gasteiger partial charge in [-0.1, -0.05) is 39.8 Å². The Hall–Kier alpha value is -0.890. The number of halogens is 1. The van der Waals surface area contributed by atoms with Crippen molar-refractivity contribution < 1.29 is 9.50 Å². The lowest BCUT2D eigenvalue weighted by Gasteiger charge is -2.41. The third kappa shape index (κ3) is 3.06. The van der Waals surface area contributed by atoms with E-state index in [1.807, 2.05) is 13.8 Å². The first-order valence-electron chi connectivity index (χ1n) is 6.15. The van der Waals surface area contributed by atoms with Crippen molar-refractivity contribution in [3.05, 3.63) is 35.6 Å². The zero-order chi connectivity index (χ0) is 13.3. The van der Waals surface area contributed by atoms with Crippen LogP contribution in [0, 0.1) is 17.2 Å². The predicted octanol–water partition coefficient (Wildman–Crippen LogP) is 4.11. The Morgan fingerprint density at radius 3 is 2.29 bits per heavy atom. The minimum Gasteiger partial charge on any atom is -0.385 e. The van der Waals surface area contributed by atoms with Crippen LogP contribution in [0.5, 0.6) is 0 Å². The number of hydrogen-bond acceptors (Lipinski definition) is 1. The molecule has 0 spiro atoms. The van der Waals surface area contributed by atoms with Crippen molar-refractivity contribution in [2.75, 3.05) is 0 Å². The van der Waals surface area contributed by atoms with E-state index in [1.54, 1.807) is 19.1 Å². The van der Waals surface area contributed by atoms with Crippen molar-refractivity contribution >= 4 is 0 Å². The van der Waals surface area contributed by atoms with Crippen molar-refractivity contribution in [3.63, 3.8) is 0 Å². The van der Waals surface area contributed by atoms with Crippen LogP contribution in [0.2, 0.25) is 0 Å². The van der Waals surface area contributed by atoms with Gasteiger partial charge < -0.3 is 5.11 Å². The van der Waals surface area contributed by atoms with Gasteiger partial charge in [0.2, 0.25) is 0 Å². The summed E-state index contributed by atoms with van der Waals surface area (Å²) in [5.41, 5.74) is -0.683. The van der Waals surface area contributed by atoms with Gasteiger partial charge in [0.15, 0.2) is 0 Å². The molecule has 1 aromatic rings. The Labute approximate surface area is 104 Å². The molecule has 0 saturated heterocycles. The smallest absolute Gasteiger partial charge is 0.123 e. The lowest BCUT2D eigenvalue weighted by molar-refractivity contribution is -0.0676. The summed E-state index contributed by atoms with van der Waals surface area (Å²) in [6.45, 7) is 10.1. The largest absolute Gasteiger partial charge is 0.385 e. The fourth-order valence-corrected chi connectivity index (χ4v) is 2.40. The van der Waals surface area contributed by atoms with E-state index in [1.165, 1.54) is 12.1 Å². The van der Waals surface area contributed by atoms with Crippen LogP contribution in [-0.2, 0) is 5.60 Å². The molecule has 1 rings (SSSR count). The molecule has 0 fully saturated rings. The Kier molecular flexibility index (Phi) is 3.98. The van der Waals surface area contributed by atoms with Crippen LogP contribution in [0.4, 0.5) is 4.39 Å². The van der Waals surface area contributed by atoms with E-state index < -0.39 is 5.60 Å². The van der Waals surface area contributed by atoms with E-state index in [4.69, 9.17) is 0 Å². The zero-order valence-electron chi connectivity index (χ0n) is 11.4. The topological polar surface area (TPSA) is 20.2 Å². The predicted molar refractivity (Wildman–Crippen MR) is 69.2 cm³/mol.